The van der Waals surface area contributed by atoms with Gasteiger partial charge in [0.1, 0.15) is 6.29 Å². The summed E-state index contributed by atoms with van der Waals surface area (Å²) in [4.78, 5) is 13.1. The number of aliphatic hydroxyl groups is 1. The molecule has 0 aromatic carbocycles. The van der Waals surface area contributed by atoms with Crippen LogP contribution < -0.4 is 0 Å². The van der Waals surface area contributed by atoms with Crippen LogP contribution in [-0.2, 0) is 4.79 Å². The quantitative estimate of drug-likeness (QED) is 0.650. The molecule has 1 aliphatic rings. The Balaban J connectivity index is 2.45. The van der Waals surface area contributed by atoms with Gasteiger partial charge in [-0.3, -0.25) is 4.90 Å². The fourth-order valence-electron chi connectivity index (χ4n) is 1.83. The number of aliphatic hydroxyl groups excluding tert-OH is 1. The highest BCUT2D eigenvalue weighted by atomic mass is 16.3. The Bertz CT molecular complexity index is 188. The van der Waals surface area contributed by atoms with Gasteiger partial charge in [-0.25, -0.2) is 0 Å². The largest absolute Gasteiger partial charge is 0.395 e. The first-order chi connectivity index (χ1) is 6.59. The Labute approximate surface area is 86.1 Å². The molecule has 1 rings (SSSR count). The summed E-state index contributed by atoms with van der Waals surface area (Å²) < 4.78 is 0. The molecular weight excluding hydrogens is 178 g/mol. The zero-order valence-electron chi connectivity index (χ0n) is 9.20. The van der Waals surface area contributed by atoms with Gasteiger partial charge in [0, 0.05) is 24.5 Å². The molecule has 1 N–H and O–H groups in total. The van der Waals surface area contributed by atoms with Crippen LogP contribution in [0.25, 0.3) is 0 Å². The number of carbonyl (C=O) groups excluding carboxylic acids is 1. The van der Waals surface area contributed by atoms with Gasteiger partial charge < -0.3 is 9.90 Å². The van der Waals surface area contributed by atoms with Crippen molar-refractivity contribution in [2.75, 3.05) is 19.7 Å². The molecular formula is C11H21NO2. The van der Waals surface area contributed by atoms with E-state index in [9.17, 15) is 4.79 Å². The van der Waals surface area contributed by atoms with E-state index in [0.29, 0.717) is 12.6 Å². The fraction of sp³-hybridized carbons (Fsp3) is 0.909. The van der Waals surface area contributed by atoms with E-state index in [-0.39, 0.29) is 12.0 Å². The first kappa shape index (κ1) is 11.7. The first-order valence-electron chi connectivity index (χ1n) is 5.40. The zero-order chi connectivity index (χ0) is 10.6. The van der Waals surface area contributed by atoms with Gasteiger partial charge in [-0.15, -0.1) is 0 Å². The van der Waals surface area contributed by atoms with E-state index in [1.807, 2.05) is 13.8 Å². The molecule has 0 saturated heterocycles. The van der Waals surface area contributed by atoms with Crippen molar-refractivity contribution in [2.45, 2.75) is 39.2 Å². The van der Waals surface area contributed by atoms with Gasteiger partial charge in [-0.1, -0.05) is 20.3 Å². The summed E-state index contributed by atoms with van der Waals surface area (Å²) >= 11 is 0. The molecule has 0 heterocycles. The third-order valence-corrected chi connectivity index (χ3v) is 2.91. The predicted molar refractivity (Wildman–Crippen MR) is 56.1 cm³/mol. The second kappa shape index (κ2) is 4.89. The average Bonchev–Trinajstić information content (AvgIpc) is 2.01. The Kier molecular flexibility index (Phi) is 4.08. The Morgan fingerprint density at radius 3 is 2.50 bits per heavy atom. The smallest absolute Gasteiger partial charge is 0.126 e. The number of nitrogens with zero attached hydrogens (tertiary/aromatic N) is 1. The highest BCUT2D eigenvalue weighted by molar-refractivity contribution is 5.58. The van der Waals surface area contributed by atoms with Crippen LogP contribution in [0.3, 0.4) is 0 Å². The third-order valence-electron chi connectivity index (χ3n) is 2.91. The summed E-state index contributed by atoms with van der Waals surface area (Å²) in [6.07, 6.45) is 4.73. The van der Waals surface area contributed by atoms with Crippen molar-refractivity contribution in [3.63, 3.8) is 0 Å². The van der Waals surface area contributed by atoms with Crippen LogP contribution >= 0.6 is 0 Å². The summed E-state index contributed by atoms with van der Waals surface area (Å²) in [5, 5.41) is 8.94. The van der Waals surface area contributed by atoms with Crippen LogP contribution in [0, 0.1) is 5.41 Å². The molecule has 1 aliphatic carbocycles. The van der Waals surface area contributed by atoms with Crippen LogP contribution in [0.15, 0.2) is 0 Å². The highest BCUT2D eigenvalue weighted by Crippen LogP contribution is 2.27. The number of carbonyl (C=O) groups is 1. The lowest BCUT2D eigenvalue weighted by molar-refractivity contribution is -0.116. The average molecular weight is 199 g/mol. The van der Waals surface area contributed by atoms with Gasteiger partial charge in [0.05, 0.1) is 6.61 Å². The molecule has 0 radical (unpaired) electrons. The van der Waals surface area contributed by atoms with Crippen molar-refractivity contribution in [3.8, 4) is 0 Å². The maximum absolute atomic E-state index is 10.8. The van der Waals surface area contributed by atoms with E-state index >= 15 is 0 Å². The maximum atomic E-state index is 10.8. The molecule has 0 aromatic heterocycles. The molecule has 3 heteroatoms. The summed E-state index contributed by atoms with van der Waals surface area (Å²) in [6.45, 7) is 5.54. The van der Waals surface area contributed by atoms with E-state index in [4.69, 9.17) is 5.11 Å². The molecule has 0 bridgehead atoms. The zero-order valence-corrected chi connectivity index (χ0v) is 9.20. The van der Waals surface area contributed by atoms with Crippen LogP contribution in [0.5, 0.6) is 0 Å². The molecule has 14 heavy (non-hydrogen) atoms. The number of rotatable bonds is 6. The third kappa shape index (κ3) is 3.07. The van der Waals surface area contributed by atoms with Gasteiger partial charge in [-0.2, -0.15) is 0 Å². The molecule has 0 aliphatic heterocycles. The van der Waals surface area contributed by atoms with E-state index in [1.165, 1.54) is 19.3 Å². The van der Waals surface area contributed by atoms with Crippen molar-refractivity contribution in [1.82, 2.24) is 4.90 Å². The van der Waals surface area contributed by atoms with Gasteiger partial charge in [0.15, 0.2) is 0 Å². The van der Waals surface area contributed by atoms with Gasteiger partial charge in [0.2, 0.25) is 0 Å². The SMILES string of the molecule is CC(C)(C=O)CN(CCO)C1CCC1. The monoisotopic (exact) mass is 199 g/mol. The predicted octanol–water partition coefficient (Wildman–Crippen LogP) is 1.06. The molecule has 0 atom stereocenters. The Hall–Kier alpha value is -0.410. The van der Waals surface area contributed by atoms with E-state index in [2.05, 4.69) is 4.90 Å². The van der Waals surface area contributed by atoms with Gasteiger partial charge in [0.25, 0.3) is 0 Å². The molecule has 1 saturated carbocycles. The number of aldehydes is 1. The highest BCUT2D eigenvalue weighted by Gasteiger charge is 2.29. The van der Waals surface area contributed by atoms with E-state index in [0.717, 1.165) is 12.8 Å². The minimum Gasteiger partial charge on any atom is -0.395 e. The molecule has 82 valence electrons. The molecule has 3 nitrogen and oxygen atoms in total. The summed E-state index contributed by atoms with van der Waals surface area (Å²) in [5.41, 5.74) is -0.287. The fourth-order valence-corrected chi connectivity index (χ4v) is 1.83. The van der Waals surface area contributed by atoms with Crippen molar-refractivity contribution in [1.29, 1.82) is 0 Å². The van der Waals surface area contributed by atoms with Crippen LogP contribution in [0.4, 0.5) is 0 Å². The lowest BCUT2D eigenvalue weighted by atomic mass is 9.88. The standard InChI is InChI=1S/C11H21NO2/c1-11(2,9-14)8-12(6-7-13)10-4-3-5-10/h9-10,13H,3-8H2,1-2H3. The lowest BCUT2D eigenvalue weighted by Gasteiger charge is -2.40. The second-order valence-electron chi connectivity index (χ2n) is 4.89. The Morgan fingerprint density at radius 1 is 1.50 bits per heavy atom. The molecule has 0 unspecified atom stereocenters. The molecule has 0 spiro atoms. The number of hydrogen-bond donors (Lipinski definition) is 1. The van der Waals surface area contributed by atoms with Gasteiger partial charge in [-0.05, 0) is 12.8 Å². The van der Waals surface area contributed by atoms with E-state index < -0.39 is 0 Å². The summed E-state index contributed by atoms with van der Waals surface area (Å²) in [7, 11) is 0. The maximum Gasteiger partial charge on any atom is 0.126 e. The van der Waals surface area contributed by atoms with Crippen LogP contribution in [0.1, 0.15) is 33.1 Å². The van der Waals surface area contributed by atoms with Crippen molar-refractivity contribution >= 4 is 6.29 Å². The summed E-state index contributed by atoms with van der Waals surface area (Å²) in [6, 6.07) is 0.598. The lowest BCUT2D eigenvalue weighted by Crippen LogP contribution is -2.46. The normalized spacial score (nSPS) is 18.3. The Morgan fingerprint density at radius 2 is 2.14 bits per heavy atom. The molecule has 0 amide bonds. The second-order valence-corrected chi connectivity index (χ2v) is 4.89. The number of hydrogen-bond acceptors (Lipinski definition) is 3. The minimum absolute atomic E-state index is 0.186. The van der Waals surface area contributed by atoms with E-state index in [1.54, 1.807) is 0 Å². The first-order valence-corrected chi connectivity index (χ1v) is 5.40. The minimum atomic E-state index is -0.287. The molecule has 0 aromatic rings. The summed E-state index contributed by atoms with van der Waals surface area (Å²) in [5.74, 6) is 0. The van der Waals surface area contributed by atoms with Crippen LogP contribution in [-0.4, -0.2) is 42.0 Å². The topological polar surface area (TPSA) is 40.5 Å². The van der Waals surface area contributed by atoms with Crippen molar-refractivity contribution in [2.24, 2.45) is 5.41 Å². The van der Waals surface area contributed by atoms with Crippen molar-refractivity contribution in [3.05, 3.63) is 0 Å². The molecule has 1 fully saturated rings. The van der Waals surface area contributed by atoms with Crippen molar-refractivity contribution < 1.29 is 9.90 Å². The van der Waals surface area contributed by atoms with Crippen LogP contribution in [0.2, 0.25) is 0 Å². The van der Waals surface area contributed by atoms with Gasteiger partial charge >= 0.3 is 0 Å².